The molecule has 2 N–H and O–H groups in total. The number of aromatic nitrogens is 1. The summed E-state index contributed by atoms with van der Waals surface area (Å²) in [6.45, 7) is 11.7. The first kappa shape index (κ1) is 21.6. The molecule has 29 heavy (non-hydrogen) atoms. The molecule has 0 bridgehead atoms. The van der Waals surface area contributed by atoms with Crippen molar-refractivity contribution in [1.82, 2.24) is 25.6 Å². The third-order valence-electron chi connectivity index (χ3n) is 5.68. The maximum Gasteiger partial charge on any atom is 0.234 e. The standard InChI is InChI=1S/C21H36N6O2/c1-4-16(5-2)19-13-18(29-25-19)14-23-21(22-6-3)27-11-9-26(10-12-27)15-20(28)24-17-7-8-17/h13,16-17H,4-12,14-15H2,1-3H3,(H,22,23)(H,24,28). The van der Waals surface area contributed by atoms with Gasteiger partial charge in [-0.25, -0.2) is 4.99 Å². The van der Waals surface area contributed by atoms with Crippen molar-refractivity contribution in [1.29, 1.82) is 0 Å². The van der Waals surface area contributed by atoms with E-state index in [1.54, 1.807) is 0 Å². The SMILES string of the molecule is CCNC(=NCc1cc(C(CC)CC)no1)N1CCN(CC(=O)NC2CC2)CC1. The number of hydrogen-bond acceptors (Lipinski definition) is 5. The molecule has 1 saturated heterocycles. The first-order valence-corrected chi connectivity index (χ1v) is 11.1. The molecule has 1 aromatic rings. The summed E-state index contributed by atoms with van der Waals surface area (Å²) >= 11 is 0. The summed E-state index contributed by atoms with van der Waals surface area (Å²) in [6, 6.07) is 2.47. The predicted octanol–water partition coefficient (Wildman–Crippen LogP) is 1.94. The second kappa shape index (κ2) is 10.6. The third-order valence-corrected chi connectivity index (χ3v) is 5.68. The Labute approximate surface area is 174 Å². The lowest BCUT2D eigenvalue weighted by atomic mass is 9.99. The van der Waals surface area contributed by atoms with Crippen LogP contribution in [-0.4, -0.2) is 72.1 Å². The van der Waals surface area contributed by atoms with Crippen LogP contribution in [0.5, 0.6) is 0 Å². The molecule has 8 nitrogen and oxygen atoms in total. The molecular formula is C21H36N6O2. The smallest absolute Gasteiger partial charge is 0.234 e. The second-order valence-corrected chi connectivity index (χ2v) is 8.01. The highest BCUT2D eigenvalue weighted by molar-refractivity contribution is 5.80. The van der Waals surface area contributed by atoms with Gasteiger partial charge in [0.1, 0.15) is 6.54 Å². The molecule has 1 aromatic heterocycles. The fourth-order valence-corrected chi connectivity index (χ4v) is 3.70. The predicted molar refractivity (Wildman–Crippen MR) is 114 cm³/mol. The van der Waals surface area contributed by atoms with Crippen LogP contribution in [0.3, 0.4) is 0 Å². The van der Waals surface area contributed by atoms with Crippen LogP contribution >= 0.6 is 0 Å². The Bertz CT molecular complexity index is 672. The Morgan fingerprint density at radius 3 is 2.59 bits per heavy atom. The Hall–Kier alpha value is -2.09. The average Bonchev–Trinajstić information content (AvgIpc) is 3.41. The zero-order valence-electron chi connectivity index (χ0n) is 18.1. The Morgan fingerprint density at radius 2 is 1.97 bits per heavy atom. The number of carbonyl (C=O) groups is 1. The van der Waals surface area contributed by atoms with Gasteiger partial charge in [0.2, 0.25) is 5.91 Å². The van der Waals surface area contributed by atoms with E-state index in [0.717, 1.165) is 75.8 Å². The molecule has 1 aliphatic heterocycles. The highest BCUT2D eigenvalue weighted by Gasteiger charge is 2.26. The van der Waals surface area contributed by atoms with E-state index in [1.165, 1.54) is 0 Å². The van der Waals surface area contributed by atoms with Gasteiger partial charge in [-0.3, -0.25) is 9.69 Å². The summed E-state index contributed by atoms with van der Waals surface area (Å²) in [5.74, 6) is 2.31. The molecule has 2 heterocycles. The van der Waals surface area contributed by atoms with Gasteiger partial charge in [0, 0.05) is 50.7 Å². The van der Waals surface area contributed by atoms with Gasteiger partial charge in [0.05, 0.1) is 12.2 Å². The van der Waals surface area contributed by atoms with Gasteiger partial charge in [-0.15, -0.1) is 0 Å². The van der Waals surface area contributed by atoms with Crippen molar-refractivity contribution in [2.45, 2.75) is 65.0 Å². The van der Waals surface area contributed by atoms with Crippen LogP contribution in [0.4, 0.5) is 0 Å². The van der Waals surface area contributed by atoms with E-state index in [-0.39, 0.29) is 5.91 Å². The topological polar surface area (TPSA) is 86.0 Å². The van der Waals surface area contributed by atoms with E-state index in [4.69, 9.17) is 9.52 Å². The summed E-state index contributed by atoms with van der Waals surface area (Å²) in [5, 5.41) is 10.7. The lowest BCUT2D eigenvalue weighted by Crippen LogP contribution is -2.54. The van der Waals surface area contributed by atoms with E-state index >= 15 is 0 Å². The number of piperazine rings is 1. The van der Waals surface area contributed by atoms with Gasteiger partial charge in [0.25, 0.3) is 0 Å². The number of nitrogens with one attached hydrogen (secondary N) is 2. The van der Waals surface area contributed by atoms with Crippen molar-refractivity contribution in [3.63, 3.8) is 0 Å². The number of aliphatic imine (C=N–C) groups is 1. The van der Waals surface area contributed by atoms with Gasteiger partial charge in [-0.05, 0) is 32.6 Å². The molecule has 2 aliphatic rings. The minimum atomic E-state index is 0.153. The molecule has 162 valence electrons. The fraction of sp³-hybridized carbons (Fsp3) is 0.762. The lowest BCUT2D eigenvalue weighted by molar-refractivity contribution is -0.122. The second-order valence-electron chi connectivity index (χ2n) is 8.01. The summed E-state index contributed by atoms with van der Waals surface area (Å²) in [7, 11) is 0. The molecule has 3 rings (SSSR count). The molecule has 0 atom stereocenters. The number of nitrogens with zero attached hydrogens (tertiary/aromatic N) is 4. The maximum absolute atomic E-state index is 12.0. The van der Waals surface area contributed by atoms with Gasteiger partial charge >= 0.3 is 0 Å². The minimum Gasteiger partial charge on any atom is -0.359 e. The van der Waals surface area contributed by atoms with Crippen molar-refractivity contribution in [2.75, 3.05) is 39.3 Å². The van der Waals surface area contributed by atoms with Crippen molar-refractivity contribution in [3.8, 4) is 0 Å². The van der Waals surface area contributed by atoms with E-state index in [1.807, 2.05) is 6.07 Å². The average molecular weight is 405 g/mol. The van der Waals surface area contributed by atoms with Crippen LogP contribution in [0.1, 0.15) is 63.8 Å². The molecule has 0 unspecified atom stereocenters. The van der Waals surface area contributed by atoms with Gasteiger partial charge < -0.3 is 20.1 Å². The van der Waals surface area contributed by atoms with Gasteiger partial charge in [-0.2, -0.15) is 0 Å². The van der Waals surface area contributed by atoms with Crippen LogP contribution in [0.15, 0.2) is 15.6 Å². The molecule has 0 spiro atoms. The summed E-state index contributed by atoms with van der Waals surface area (Å²) < 4.78 is 5.51. The molecule has 2 fully saturated rings. The van der Waals surface area contributed by atoms with Crippen molar-refractivity contribution in [3.05, 3.63) is 17.5 Å². The third kappa shape index (κ3) is 6.45. The van der Waals surface area contributed by atoms with E-state index in [9.17, 15) is 4.79 Å². The van der Waals surface area contributed by atoms with Crippen LogP contribution in [0, 0.1) is 0 Å². The summed E-state index contributed by atoms with van der Waals surface area (Å²) in [5.41, 5.74) is 1.03. The number of rotatable bonds is 9. The van der Waals surface area contributed by atoms with Gasteiger partial charge in [0.15, 0.2) is 11.7 Å². The summed E-state index contributed by atoms with van der Waals surface area (Å²) in [6.07, 6.45) is 4.40. The molecule has 8 heteroatoms. The van der Waals surface area contributed by atoms with E-state index in [2.05, 4.69) is 46.4 Å². The lowest BCUT2D eigenvalue weighted by Gasteiger charge is -2.36. The largest absolute Gasteiger partial charge is 0.359 e. The molecule has 1 saturated carbocycles. The number of carbonyl (C=O) groups excluding carboxylic acids is 1. The monoisotopic (exact) mass is 404 g/mol. The van der Waals surface area contributed by atoms with E-state index in [0.29, 0.717) is 25.0 Å². The Morgan fingerprint density at radius 1 is 1.24 bits per heavy atom. The first-order chi connectivity index (χ1) is 14.1. The van der Waals surface area contributed by atoms with Crippen LogP contribution in [-0.2, 0) is 11.3 Å². The molecule has 1 aliphatic carbocycles. The number of guanidine groups is 1. The number of amides is 1. The van der Waals surface area contributed by atoms with Crippen molar-refractivity contribution in [2.24, 2.45) is 4.99 Å². The van der Waals surface area contributed by atoms with Gasteiger partial charge in [-0.1, -0.05) is 19.0 Å². The fourth-order valence-electron chi connectivity index (χ4n) is 3.70. The maximum atomic E-state index is 12.0. The first-order valence-electron chi connectivity index (χ1n) is 11.1. The molecule has 0 radical (unpaired) electrons. The zero-order valence-corrected chi connectivity index (χ0v) is 18.1. The van der Waals surface area contributed by atoms with Crippen molar-refractivity contribution >= 4 is 11.9 Å². The Balaban J connectivity index is 1.50. The minimum absolute atomic E-state index is 0.153. The van der Waals surface area contributed by atoms with Crippen LogP contribution < -0.4 is 10.6 Å². The van der Waals surface area contributed by atoms with Crippen molar-refractivity contribution < 1.29 is 9.32 Å². The summed E-state index contributed by atoms with van der Waals surface area (Å²) in [4.78, 5) is 21.3. The highest BCUT2D eigenvalue weighted by Crippen LogP contribution is 2.22. The quantitative estimate of drug-likeness (QED) is 0.483. The van der Waals surface area contributed by atoms with Crippen LogP contribution in [0.25, 0.3) is 0 Å². The van der Waals surface area contributed by atoms with Crippen LogP contribution in [0.2, 0.25) is 0 Å². The zero-order chi connectivity index (χ0) is 20.6. The molecule has 1 amide bonds. The number of hydrogen-bond donors (Lipinski definition) is 2. The Kier molecular flexibility index (Phi) is 7.91. The van der Waals surface area contributed by atoms with E-state index < -0.39 is 0 Å². The molecule has 0 aromatic carbocycles. The molecular weight excluding hydrogens is 368 g/mol. The normalized spacial score (nSPS) is 18.3. The highest BCUT2D eigenvalue weighted by atomic mass is 16.5.